The van der Waals surface area contributed by atoms with Gasteiger partial charge < -0.3 is 4.42 Å². The maximum atomic E-state index is 13.5. The number of rotatable bonds is 3. The molecule has 0 N–H and O–H groups in total. The first-order valence-corrected chi connectivity index (χ1v) is 6.03. The Morgan fingerprint density at radius 3 is 2.62 bits per heavy atom. The Balaban J connectivity index is 2.06. The molecule has 3 rings (SSSR count). The van der Waals surface area contributed by atoms with Crippen LogP contribution in [0.5, 0.6) is 0 Å². The third-order valence-corrected chi connectivity index (χ3v) is 3.04. The first-order chi connectivity index (χ1) is 10.1. The summed E-state index contributed by atoms with van der Waals surface area (Å²) in [6.07, 6.45) is 0. The van der Waals surface area contributed by atoms with E-state index in [1.54, 1.807) is 6.07 Å². The minimum atomic E-state index is -0.588. The highest BCUT2D eigenvalue weighted by Gasteiger charge is 2.18. The lowest BCUT2D eigenvalue weighted by Gasteiger charge is -1.97. The molecule has 0 aliphatic heterocycles. The number of benzene rings is 2. The van der Waals surface area contributed by atoms with Crippen molar-refractivity contribution in [3.63, 3.8) is 0 Å². The molecule has 0 saturated heterocycles. The second kappa shape index (κ2) is 4.82. The van der Waals surface area contributed by atoms with Crippen molar-refractivity contribution in [1.29, 1.82) is 0 Å². The molecule has 2 aromatic carbocycles. The summed E-state index contributed by atoms with van der Waals surface area (Å²) in [6.45, 7) is 0. The average molecular weight is 285 g/mol. The Morgan fingerprint density at radius 2 is 1.90 bits per heavy atom. The van der Waals surface area contributed by atoms with Gasteiger partial charge in [-0.15, -0.1) is 0 Å². The molecule has 3 aromatic rings. The van der Waals surface area contributed by atoms with Crippen LogP contribution in [0.1, 0.15) is 16.1 Å². The first-order valence-electron chi connectivity index (χ1n) is 6.03. The zero-order valence-electron chi connectivity index (χ0n) is 10.6. The number of carbonyl (C=O) groups is 1. The summed E-state index contributed by atoms with van der Waals surface area (Å²) in [5.41, 5.74) is -0.0851. The quantitative estimate of drug-likeness (QED) is 0.417. The van der Waals surface area contributed by atoms with E-state index in [-0.39, 0.29) is 22.6 Å². The molecule has 0 atom stereocenters. The van der Waals surface area contributed by atoms with Gasteiger partial charge in [-0.3, -0.25) is 14.9 Å². The van der Waals surface area contributed by atoms with Gasteiger partial charge in [0.2, 0.25) is 5.78 Å². The number of fused-ring (bicyclic) bond motifs is 1. The number of carbonyl (C=O) groups excluding carboxylic acids is 1. The number of non-ortho nitro benzene ring substituents is 1. The van der Waals surface area contributed by atoms with Crippen LogP contribution in [-0.2, 0) is 0 Å². The van der Waals surface area contributed by atoms with Crippen molar-refractivity contribution >= 4 is 22.4 Å². The number of hydrogen-bond acceptors (Lipinski definition) is 4. The highest BCUT2D eigenvalue weighted by molar-refractivity contribution is 6.09. The van der Waals surface area contributed by atoms with Gasteiger partial charge in [0.25, 0.3) is 5.69 Å². The molecule has 0 radical (unpaired) electrons. The largest absolute Gasteiger partial charge is 0.449 e. The molecule has 1 aromatic heterocycles. The lowest BCUT2D eigenvalue weighted by atomic mass is 10.1. The van der Waals surface area contributed by atoms with Crippen molar-refractivity contribution in [2.75, 3.05) is 0 Å². The van der Waals surface area contributed by atoms with Crippen LogP contribution in [0.15, 0.2) is 52.9 Å². The molecule has 104 valence electrons. The second-order valence-electron chi connectivity index (χ2n) is 4.41. The van der Waals surface area contributed by atoms with Crippen molar-refractivity contribution in [2.24, 2.45) is 0 Å². The number of furan rings is 1. The third kappa shape index (κ3) is 2.27. The van der Waals surface area contributed by atoms with Crippen LogP contribution in [0.4, 0.5) is 10.1 Å². The van der Waals surface area contributed by atoms with Crippen molar-refractivity contribution in [2.45, 2.75) is 0 Å². The lowest BCUT2D eigenvalue weighted by Crippen LogP contribution is -2.00. The zero-order valence-corrected chi connectivity index (χ0v) is 10.6. The Labute approximate surface area is 117 Å². The molecule has 0 fully saturated rings. The van der Waals surface area contributed by atoms with E-state index in [2.05, 4.69) is 0 Å². The lowest BCUT2D eigenvalue weighted by molar-refractivity contribution is -0.384. The molecule has 0 aliphatic rings. The number of para-hydroxylation sites is 1. The van der Waals surface area contributed by atoms with E-state index < -0.39 is 16.5 Å². The van der Waals surface area contributed by atoms with Gasteiger partial charge in [0.1, 0.15) is 0 Å². The number of halogens is 1. The van der Waals surface area contributed by atoms with Gasteiger partial charge in [-0.1, -0.05) is 24.3 Å². The van der Waals surface area contributed by atoms with Crippen LogP contribution in [0, 0.1) is 15.9 Å². The molecule has 21 heavy (non-hydrogen) atoms. The molecule has 0 unspecified atom stereocenters. The van der Waals surface area contributed by atoms with E-state index in [1.807, 2.05) is 0 Å². The summed E-state index contributed by atoms with van der Waals surface area (Å²) in [4.78, 5) is 22.4. The van der Waals surface area contributed by atoms with E-state index in [4.69, 9.17) is 4.42 Å². The van der Waals surface area contributed by atoms with E-state index in [1.165, 1.54) is 36.4 Å². The maximum absolute atomic E-state index is 13.5. The summed E-state index contributed by atoms with van der Waals surface area (Å²) < 4.78 is 18.8. The highest BCUT2D eigenvalue weighted by Crippen LogP contribution is 2.24. The Bertz CT molecular complexity index is 869. The summed E-state index contributed by atoms with van der Waals surface area (Å²) in [5, 5.41) is 11.2. The summed E-state index contributed by atoms with van der Waals surface area (Å²) in [7, 11) is 0. The standard InChI is InChI=1S/C15H8FNO4/c16-12-6-2-4-10-8-13(21-15(10)12)14(18)9-3-1-5-11(7-9)17(19)20/h1-8H. The van der Waals surface area contributed by atoms with Gasteiger partial charge in [0.15, 0.2) is 17.2 Å². The predicted octanol–water partition coefficient (Wildman–Crippen LogP) is 3.71. The van der Waals surface area contributed by atoms with Gasteiger partial charge in [-0.05, 0) is 12.1 Å². The van der Waals surface area contributed by atoms with Crippen molar-refractivity contribution in [3.05, 3.63) is 75.8 Å². The molecule has 6 heteroatoms. The average Bonchev–Trinajstić information content (AvgIpc) is 2.92. The summed E-state index contributed by atoms with van der Waals surface area (Å²) in [5.74, 6) is -1.16. The Morgan fingerprint density at radius 1 is 1.14 bits per heavy atom. The van der Waals surface area contributed by atoms with Gasteiger partial charge >= 0.3 is 0 Å². The smallest absolute Gasteiger partial charge is 0.270 e. The monoisotopic (exact) mass is 285 g/mol. The van der Waals surface area contributed by atoms with Gasteiger partial charge in [-0.25, -0.2) is 4.39 Å². The van der Waals surface area contributed by atoms with E-state index in [0.717, 1.165) is 6.07 Å². The normalized spacial score (nSPS) is 10.7. The van der Waals surface area contributed by atoms with Crippen LogP contribution < -0.4 is 0 Å². The summed E-state index contributed by atoms with van der Waals surface area (Å²) >= 11 is 0. The fourth-order valence-electron chi connectivity index (χ4n) is 2.04. The van der Waals surface area contributed by atoms with Crippen molar-refractivity contribution in [1.82, 2.24) is 0 Å². The molecular formula is C15H8FNO4. The zero-order chi connectivity index (χ0) is 15.0. The van der Waals surface area contributed by atoms with Crippen molar-refractivity contribution < 1.29 is 18.5 Å². The minimum absolute atomic E-state index is 0.00807. The molecule has 0 aliphatic carbocycles. The molecule has 0 amide bonds. The van der Waals surface area contributed by atoms with Gasteiger partial charge in [0.05, 0.1) is 4.92 Å². The van der Waals surface area contributed by atoms with Crippen LogP contribution in [0.2, 0.25) is 0 Å². The van der Waals surface area contributed by atoms with E-state index in [0.29, 0.717) is 5.39 Å². The van der Waals surface area contributed by atoms with E-state index in [9.17, 15) is 19.3 Å². The summed E-state index contributed by atoms with van der Waals surface area (Å²) in [6, 6.07) is 11.1. The number of nitrogens with zero attached hydrogens (tertiary/aromatic N) is 1. The minimum Gasteiger partial charge on any atom is -0.449 e. The number of hydrogen-bond donors (Lipinski definition) is 0. The maximum Gasteiger partial charge on any atom is 0.270 e. The molecule has 0 saturated carbocycles. The molecule has 0 bridgehead atoms. The second-order valence-corrected chi connectivity index (χ2v) is 4.41. The van der Waals surface area contributed by atoms with Crippen LogP contribution in [0.3, 0.4) is 0 Å². The van der Waals surface area contributed by atoms with Crippen molar-refractivity contribution in [3.8, 4) is 0 Å². The predicted molar refractivity (Wildman–Crippen MR) is 72.7 cm³/mol. The van der Waals surface area contributed by atoms with Crippen LogP contribution >= 0.6 is 0 Å². The fourth-order valence-corrected chi connectivity index (χ4v) is 2.04. The van der Waals surface area contributed by atoms with Gasteiger partial charge in [0, 0.05) is 23.1 Å². The van der Waals surface area contributed by atoms with E-state index >= 15 is 0 Å². The SMILES string of the molecule is O=C(c1cccc([N+](=O)[O-])c1)c1cc2cccc(F)c2o1. The molecule has 0 spiro atoms. The number of ketones is 1. The topological polar surface area (TPSA) is 73.3 Å². The first kappa shape index (κ1) is 13.0. The number of nitro groups is 1. The Kier molecular flexibility index (Phi) is 2.98. The number of nitro benzene ring substituents is 1. The molecule has 1 heterocycles. The van der Waals surface area contributed by atoms with Gasteiger partial charge in [-0.2, -0.15) is 0 Å². The fraction of sp³-hybridized carbons (Fsp3) is 0. The highest BCUT2D eigenvalue weighted by atomic mass is 19.1. The van der Waals surface area contributed by atoms with Crippen LogP contribution in [0.25, 0.3) is 11.0 Å². The Hall–Kier alpha value is -3.02. The van der Waals surface area contributed by atoms with Crippen LogP contribution in [-0.4, -0.2) is 10.7 Å². The third-order valence-electron chi connectivity index (χ3n) is 3.04. The molecule has 5 nitrogen and oxygen atoms in total. The molecular weight excluding hydrogens is 277 g/mol.